The maximum absolute atomic E-state index is 12.1. The maximum atomic E-state index is 12.1. The van der Waals surface area contributed by atoms with Crippen LogP contribution in [0.1, 0.15) is 26.2 Å². The zero-order valence-corrected chi connectivity index (χ0v) is 13.1. The molecule has 0 aromatic heterocycles. The molecule has 1 saturated carbocycles. The Kier molecular flexibility index (Phi) is 5.99. The summed E-state index contributed by atoms with van der Waals surface area (Å²) in [7, 11) is 1.72. The van der Waals surface area contributed by atoms with Crippen LogP contribution in [0.5, 0.6) is 0 Å². The summed E-state index contributed by atoms with van der Waals surface area (Å²) < 4.78 is 5.50. The summed E-state index contributed by atoms with van der Waals surface area (Å²) in [5, 5.41) is 3.22. The lowest BCUT2D eigenvalue weighted by atomic mass is 9.80. The van der Waals surface area contributed by atoms with Crippen molar-refractivity contribution in [3.05, 3.63) is 0 Å². The second-order valence-corrected chi connectivity index (χ2v) is 6.00. The molecule has 0 aromatic carbocycles. The van der Waals surface area contributed by atoms with Crippen molar-refractivity contribution in [3.63, 3.8) is 0 Å². The molecular formula is C15H27N3O3. The van der Waals surface area contributed by atoms with Crippen LogP contribution in [0.3, 0.4) is 0 Å². The third-order valence-corrected chi connectivity index (χ3v) is 4.33. The molecule has 0 atom stereocenters. The average Bonchev–Trinajstić information content (AvgIpc) is 2.45. The van der Waals surface area contributed by atoms with Crippen LogP contribution in [-0.2, 0) is 14.3 Å². The molecule has 120 valence electrons. The van der Waals surface area contributed by atoms with Gasteiger partial charge in [-0.25, -0.2) is 0 Å². The Morgan fingerprint density at radius 3 is 2.57 bits per heavy atom. The lowest BCUT2D eigenvalue weighted by Gasteiger charge is -2.35. The van der Waals surface area contributed by atoms with Crippen LogP contribution in [0, 0.1) is 5.92 Å². The van der Waals surface area contributed by atoms with Gasteiger partial charge < -0.3 is 19.9 Å². The van der Waals surface area contributed by atoms with E-state index >= 15 is 0 Å². The van der Waals surface area contributed by atoms with Crippen molar-refractivity contribution >= 4 is 11.8 Å². The predicted octanol–water partition coefficient (Wildman–Crippen LogP) is 0.0818. The number of nitrogens with zero attached hydrogens (tertiary/aromatic N) is 2. The molecule has 1 aliphatic heterocycles. The summed E-state index contributed by atoms with van der Waals surface area (Å²) >= 11 is 0. The smallest absolute Gasteiger partial charge is 0.242 e. The van der Waals surface area contributed by atoms with Crippen LogP contribution in [-0.4, -0.2) is 74.1 Å². The zero-order chi connectivity index (χ0) is 15.2. The van der Waals surface area contributed by atoms with E-state index < -0.39 is 0 Å². The first-order valence-electron chi connectivity index (χ1n) is 7.94. The average molecular weight is 297 g/mol. The highest BCUT2D eigenvalue weighted by Crippen LogP contribution is 2.32. The first kappa shape index (κ1) is 16.2. The fourth-order valence-corrected chi connectivity index (χ4v) is 2.92. The number of carbonyl (C=O) groups is 2. The highest BCUT2D eigenvalue weighted by molar-refractivity contribution is 5.84. The summed E-state index contributed by atoms with van der Waals surface area (Å²) in [5.74, 6) is 0.539. The highest BCUT2D eigenvalue weighted by atomic mass is 16.5. The van der Waals surface area contributed by atoms with Gasteiger partial charge in [0, 0.05) is 46.3 Å². The molecule has 2 fully saturated rings. The predicted molar refractivity (Wildman–Crippen MR) is 79.8 cm³/mol. The van der Waals surface area contributed by atoms with E-state index in [4.69, 9.17) is 4.74 Å². The number of hydrogen-bond donors (Lipinski definition) is 1. The van der Waals surface area contributed by atoms with Crippen molar-refractivity contribution in [2.75, 3.05) is 46.4 Å². The molecule has 0 bridgehead atoms. The van der Waals surface area contributed by atoms with Gasteiger partial charge in [0.1, 0.15) is 0 Å². The molecule has 6 heteroatoms. The van der Waals surface area contributed by atoms with Gasteiger partial charge in [-0.15, -0.1) is 0 Å². The fourth-order valence-electron chi connectivity index (χ4n) is 2.92. The number of likely N-dealkylation sites (N-methyl/N-ethyl adjacent to an activating group) is 1. The molecule has 21 heavy (non-hydrogen) atoms. The maximum Gasteiger partial charge on any atom is 0.242 e. The molecule has 1 heterocycles. The minimum Gasteiger partial charge on any atom is -0.378 e. The quantitative estimate of drug-likeness (QED) is 0.754. The highest BCUT2D eigenvalue weighted by Gasteiger charge is 2.32. The van der Waals surface area contributed by atoms with Crippen molar-refractivity contribution in [1.29, 1.82) is 0 Å². The van der Waals surface area contributed by atoms with Crippen LogP contribution in [0.2, 0.25) is 0 Å². The SMILES string of the molecule is CCOC1CC(CC(=O)N(C)CC(=O)N2CCNCC2)C1. The molecule has 2 aliphatic rings. The molecule has 0 spiro atoms. The molecule has 6 nitrogen and oxygen atoms in total. The molecule has 0 unspecified atom stereocenters. The van der Waals surface area contributed by atoms with E-state index in [-0.39, 0.29) is 18.4 Å². The molecule has 1 saturated heterocycles. The lowest BCUT2D eigenvalue weighted by molar-refractivity contribution is -0.141. The van der Waals surface area contributed by atoms with Crippen molar-refractivity contribution < 1.29 is 14.3 Å². The van der Waals surface area contributed by atoms with Crippen molar-refractivity contribution in [1.82, 2.24) is 15.1 Å². The van der Waals surface area contributed by atoms with Gasteiger partial charge in [-0.05, 0) is 25.7 Å². The van der Waals surface area contributed by atoms with E-state index in [9.17, 15) is 9.59 Å². The molecular weight excluding hydrogens is 270 g/mol. The van der Waals surface area contributed by atoms with Gasteiger partial charge in [-0.1, -0.05) is 0 Å². The van der Waals surface area contributed by atoms with Gasteiger partial charge in [-0.2, -0.15) is 0 Å². The number of nitrogens with one attached hydrogen (secondary N) is 1. The number of carbonyl (C=O) groups excluding carboxylic acids is 2. The largest absolute Gasteiger partial charge is 0.378 e. The van der Waals surface area contributed by atoms with Crippen LogP contribution in [0.25, 0.3) is 0 Å². The minimum atomic E-state index is 0.0492. The van der Waals surface area contributed by atoms with Gasteiger partial charge in [0.2, 0.25) is 11.8 Å². The molecule has 2 amide bonds. The van der Waals surface area contributed by atoms with Crippen LogP contribution >= 0.6 is 0 Å². The van der Waals surface area contributed by atoms with Gasteiger partial charge >= 0.3 is 0 Å². The van der Waals surface area contributed by atoms with E-state index in [0.29, 0.717) is 18.4 Å². The van der Waals surface area contributed by atoms with Gasteiger partial charge in [0.25, 0.3) is 0 Å². The second-order valence-electron chi connectivity index (χ2n) is 6.00. The number of ether oxygens (including phenoxy) is 1. The van der Waals surface area contributed by atoms with E-state index in [1.165, 1.54) is 0 Å². The van der Waals surface area contributed by atoms with Gasteiger partial charge in [-0.3, -0.25) is 9.59 Å². The number of rotatable bonds is 6. The summed E-state index contributed by atoms with van der Waals surface area (Å²) in [6.07, 6.45) is 2.81. The van der Waals surface area contributed by atoms with E-state index in [1.807, 2.05) is 11.8 Å². The van der Waals surface area contributed by atoms with E-state index in [0.717, 1.165) is 45.6 Å². The normalized spacial score (nSPS) is 25.3. The number of amides is 2. The Hall–Kier alpha value is -1.14. The Morgan fingerprint density at radius 1 is 1.29 bits per heavy atom. The second kappa shape index (κ2) is 7.75. The Bertz CT molecular complexity index is 363. The third kappa shape index (κ3) is 4.68. The summed E-state index contributed by atoms with van der Waals surface area (Å²) in [5.41, 5.74) is 0. The van der Waals surface area contributed by atoms with E-state index in [2.05, 4.69) is 5.32 Å². The molecule has 2 rings (SSSR count). The lowest BCUT2D eigenvalue weighted by Crippen LogP contribution is -2.50. The first-order valence-corrected chi connectivity index (χ1v) is 7.94. The Labute approximate surface area is 126 Å². The minimum absolute atomic E-state index is 0.0492. The van der Waals surface area contributed by atoms with Crippen LogP contribution in [0.15, 0.2) is 0 Å². The number of hydrogen-bond acceptors (Lipinski definition) is 4. The topological polar surface area (TPSA) is 61.9 Å². The van der Waals surface area contributed by atoms with Crippen molar-refractivity contribution in [2.45, 2.75) is 32.3 Å². The Balaban J connectivity index is 1.66. The monoisotopic (exact) mass is 297 g/mol. The van der Waals surface area contributed by atoms with Gasteiger partial charge in [0.05, 0.1) is 12.6 Å². The van der Waals surface area contributed by atoms with Crippen molar-refractivity contribution in [2.24, 2.45) is 5.92 Å². The van der Waals surface area contributed by atoms with Crippen molar-refractivity contribution in [3.8, 4) is 0 Å². The summed E-state index contributed by atoms with van der Waals surface area (Å²) in [6, 6.07) is 0. The van der Waals surface area contributed by atoms with Crippen LogP contribution < -0.4 is 5.32 Å². The zero-order valence-electron chi connectivity index (χ0n) is 13.1. The fraction of sp³-hybridized carbons (Fsp3) is 0.867. The Morgan fingerprint density at radius 2 is 1.95 bits per heavy atom. The first-order chi connectivity index (χ1) is 10.1. The standard InChI is InChI=1S/C15H27N3O3/c1-3-21-13-8-12(9-13)10-14(19)17(2)11-15(20)18-6-4-16-5-7-18/h12-13,16H,3-11H2,1-2H3. The summed E-state index contributed by atoms with van der Waals surface area (Å²) in [6.45, 7) is 6.08. The van der Waals surface area contributed by atoms with E-state index in [1.54, 1.807) is 11.9 Å². The molecule has 1 aliphatic carbocycles. The summed E-state index contributed by atoms with van der Waals surface area (Å²) in [4.78, 5) is 27.6. The number of piperazine rings is 1. The molecule has 0 aromatic rings. The third-order valence-electron chi connectivity index (χ3n) is 4.33. The van der Waals surface area contributed by atoms with Gasteiger partial charge in [0.15, 0.2) is 0 Å². The molecule has 1 N–H and O–H groups in total. The molecule has 0 radical (unpaired) electrons. The van der Waals surface area contributed by atoms with Crippen LogP contribution in [0.4, 0.5) is 0 Å².